The van der Waals surface area contributed by atoms with Gasteiger partial charge in [-0.3, -0.25) is 0 Å². The molecule has 3 nitrogen and oxygen atoms in total. The Balaban J connectivity index is 1.54. The molecule has 0 radical (unpaired) electrons. The van der Waals surface area contributed by atoms with E-state index in [9.17, 15) is 0 Å². The highest BCUT2D eigenvalue weighted by Gasteiger charge is 2.32. The Morgan fingerprint density at radius 3 is 2.75 bits per heavy atom. The largest absolute Gasteiger partial charge is 0.345 e. The average molecular weight is 291 g/mol. The summed E-state index contributed by atoms with van der Waals surface area (Å²) in [4.78, 5) is 9.13. The van der Waals surface area contributed by atoms with Gasteiger partial charge in [-0.25, -0.2) is 4.98 Å². The molecule has 0 aromatic carbocycles. The van der Waals surface area contributed by atoms with Gasteiger partial charge >= 0.3 is 0 Å². The lowest BCUT2D eigenvalue weighted by Gasteiger charge is -2.33. The van der Waals surface area contributed by atoms with E-state index in [1.165, 1.54) is 67.2 Å². The molecule has 1 unspecified atom stereocenters. The van der Waals surface area contributed by atoms with Crippen LogP contribution < -0.4 is 10.2 Å². The maximum absolute atomic E-state index is 5.05. The number of thiazole rings is 1. The van der Waals surface area contributed by atoms with Crippen molar-refractivity contribution < 1.29 is 0 Å². The molecule has 1 aliphatic heterocycles. The van der Waals surface area contributed by atoms with Crippen molar-refractivity contribution in [3.05, 3.63) is 10.6 Å². The minimum Gasteiger partial charge on any atom is -0.345 e. The molecule has 1 N–H and O–H groups in total. The van der Waals surface area contributed by atoms with Gasteiger partial charge in [-0.2, -0.15) is 0 Å². The van der Waals surface area contributed by atoms with Gasteiger partial charge in [0.05, 0.1) is 5.69 Å². The van der Waals surface area contributed by atoms with Gasteiger partial charge < -0.3 is 10.2 Å². The molecular formula is C16H25N3S. The molecule has 1 aromatic heterocycles. The fraction of sp³-hybridized carbons (Fsp3) is 0.812. The lowest BCUT2D eigenvalue weighted by atomic mass is 10.0. The molecule has 1 saturated heterocycles. The first-order valence-corrected chi connectivity index (χ1v) is 9.12. The van der Waals surface area contributed by atoms with Gasteiger partial charge in [0.25, 0.3) is 0 Å². The highest BCUT2D eigenvalue weighted by atomic mass is 32.1. The third-order valence-electron chi connectivity index (χ3n) is 4.86. The summed E-state index contributed by atoms with van der Waals surface area (Å²) in [6.45, 7) is 4.62. The molecule has 0 amide bonds. The SMILES string of the molecule is CC1CCCCN1c1nc(C2CC2)c(CNC2CC2)s1. The van der Waals surface area contributed by atoms with Crippen LogP contribution >= 0.6 is 11.3 Å². The summed E-state index contributed by atoms with van der Waals surface area (Å²) in [7, 11) is 0. The summed E-state index contributed by atoms with van der Waals surface area (Å²) in [5, 5.41) is 4.97. The molecule has 4 rings (SSSR count). The summed E-state index contributed by atoms with van der Waals surface area (Å²) < 4.78 is 0. The van der Waals surface area contributed by atoms with Gasteiger partial charge in [0, 0.05) is 36.0 Å². The lowest BCUT2D eigenvalue weighted by molar-refractivity contribution is 0.484. The normalized spacial score (nSPS) is 27.1. The number of nitrogens with one attached hydrogen (secondary N) is 1. The molecule has 1 aromatic rings. The van der Waals surface area contributed by atoms with E-state index in [-0.39, 0.29) is 0 Å². The van der Waals surface area contributed by atoms with Crippen molar-refractivity contribution in [2.45, 2.75) is 76.4 Å². The second-order valence-electron chi connectivity index (χ2n) is 6.77. The van der Waals surface area contributed by atoms with E-state index in [0.29, 0.717) is 6.04 Å². The second-order valence-corrected chi connectivity index (χ2v) is 7.83. The van der Waals surface area contributed by atoms with Crippen molar-refractivity contribution in [1.82, 2.24) is 10.3 Å². The highest BCUT2D eigenvalue weighted by Crippen LogP contribution is 2.45. The van der Waals surface area contributed by atoms with Crippen LogP contribution in [0.15, 0.2) is 0 Å². The smallest absolute Gasteiger partial charge is 0.186 e. The van der Waals surface area contributed by atoms with Gasteiger partial charge in [0.1, 0.15) is 0 Å². The van der Waals surface area contributed by atoms with Crippen molar-refractivity contribution in [3.8, 4) is 0 Å². The predicted octanol–water partition coefficient (Wildman–Crippen LogP) is 3.65. The molecular weight excluding hydrogens is 266 g/mol. The second kappa shape index (κ2) is 5.30. The molecule has 0 bridgehead atoms. The predicted molar refractivity (Wildman–Crippen MR) is 84.6 cm³/mol. The van der Waals surface area contributed by atoms with Gasteiger partial charge in [-0.15, -0.1) is 11.3 Å². The van der Waals surface area contributed by atoms with Crippen molar-refractivity contribution in [2.75, 3.05) is 11.4 Å². The van der Waals surface area contributed by atoms with Crippen LogP contribution in [0.5, 0.6) is 0 Å². The fourth-order valence-corrected chi connectivity index (χ4v) is 4.41. The van der Waals surface area contributed by atoms with Crippen LogP contribution in [-0.2, 0) is 6.54 Å². The van der Waals surface area contributed by atoms with Crippen molar-refractivity contribution in [1.29, 1.82) is 0 Å². The summed E-state index contributed by atoms with van der Waals surface area (Å²) in [5.74, 6) is 0.774. The number of piperidine rings is 1. The zero-order valence-corrected chi connectivity index (χ0v) is 13.2. The maximum atomic E-state index is 5.05. The van der Waals surface area contributed by atoms with Crippen LogP contribution in [0.4, 0.5) is 5.13 Å². The Morgan fingerprint density at radius 2 is 2.05 bits per heavy atom. The van der Waals surface area contributed by atoms with Crippen LogP contribution in [0.25, 0.3) is 0 Å². The third kappa shape index (κ3) is 2.73. The lowest BCUT2D eigenvalue weighted by Crippen LogP contribution is -2.37. The Kier molecular flexibility index (Phi) is 3.47. The van der Waals surface area contributed by atoms with E-state index in [2.05, 4.69) is 17.1 Å². The Labute approximate surface area is 125 Å². The van der Waals surface area contributed by atoms with Gasteiger partial charge in [0.15, 0.2) is 5.13 Å². The van der Waals surface area contributed by atoms with E-state index in [4.69, 9.17) is 4.98 Å². The summed E-state index contributed by atoms with van der Waals surface area (Å²) in [6, 6.07) is 1.47. The minimum absolute atomic E-state index is 0.672. The first kappa shape index (κ1) is 13.1. The monoisotopic (exact) mass is 291 g/mol. The van der Waals surface area contributed by atoms with Crippen LogP contribution in [0, 0.1) is 0 Å². The van der Waals surface area contributed by atoms with Gasteiger partial charge in [-0.05, 0) is 51.9 Å². The van der Waals surface area contributed by atoms with Gasteiger partial charge in [-0.1, -0.05) is 0 Å². The minimum atomic E-state index is 0.672. The molecule has 1 atom stereocenters. The first-order valence-electron chi connectivity index (χ1n) is 8.31. The van der Waals surface area contributed by atoms with E-state index in [0.717, 1.165) is 18.5 Å². The van der Waals surface area contributed by atoms with Crippen LogP contribution in [0.2, 0.25) is 0 Å². The summed E-state index contributed by atoms with van der Waals surface area (Å²) >= 11 is 1.96. The van der Waals surface area contributed by atoms with E-state index in [1.807, 2.05) is 11.3 Å². The summed E-state index contributed by atoms with van der Waals surface area (Å²) in [6.07, 6.45) is 9.49. The topological polar surface area (TPSA) is 28.2 Å². The number of aromatic nitrogens is 1. The third-order valence-corrected chi connectivity index (χ3v) is 5.97. The Bertz CT molecular complexity index is 476. The highest BCUT2D eigenvalue weighted by molar-refractivity contribution is 7.15. The number of anilines is 1. The van der Waals surface area contributed by atoms with Crippen LogP contribution in [0.1, 0.15) is 68.4 Å². The van der Waals surface area contributed by atoms with Crippen molar-refractivity contribution in [3.63, 3.8) is 0 Å². The molecule has 4 heteroatoms. The molecule has 2 heterocycles. The van der Waals surface area contributed by atoms with E-state index < -0.39 is 0 Å². The molecule has 0 spiro atoms. The van der Waals surface area contributed by atoms with Crippen LogP contribution in [0.3, 0.4) is 0 Å². The fourth-order valence-electron chi connectivity index (χ4n) is 3.18. The number of hydrogen-bond acceptors (Lipinski definition) is 4. The van der Waals surface area contributed by atoms with E-state index >= 15 is 0 Å². The quantitative estimate of drug-likeness (QED) is 0.897. The zero-order valence-electron chi connectivity index (χ0n) is 12.4. The van der Waals surface area contributed by atoms with E-state index in [1.54, 1.807) is 0 Å². The molecule has 3 aliphatic rings. The Hall–Kier alpha value is -0.610. The van der Waals surface area contributed by atoms with Crippen molar-refractivity contribution >= 4 is 16.5 Å². The number of rotatable bonds is 5. The summed E-state index contributed by atoms with van der Waals surface area (Å²) in [5.41, 5.74) is 1.43. The molecule has 3 fully saturated rings. The molecule has 2 aliphatic carbocycles. The molecule has 20 heavy (non-hydrogen) atoms. The van der Waals surface area contributed by atoms with Crippen molar-refractivity contribution in [2.24, 2.45) is 0 Å². The standard InChI is InChI=1S/C16H25N3S/c1-11-4-2-3-9-19(11)16-18-15(12-5-6-12)14(20-16)10-17-13-7-8-13/h11-13,17H,2-10H2,1H3. The number of nitrogens with zero attached hydrogens (tertiary/aromatic N) is 2. The Morgan fingerprint density at radius 1 is 1.20 bits per heavy atom. The zero-order chi connectivity index (χ0) is 13.5. The first-order chi connectivity index (χ1) is 9.81. The molecule has 110 valence electrons. The average Bonchev–Trinajstić information content (AvgIpc) is 3.36. The molecule has 2 saturated carbocycles. The maximum Gasteiger partial charge on any atom is 0.186 e. The van der Waals surface area contributed by atoms with Crippen LogP contribution in [-0.4, -0.2) is 23.6 Å². The number of hydrogen-bond donors (Lipinski definition) is 1. The van der Waals surface area contributed by atoms with Gasteiger partial charge in [0.2, 0.25) is 0 Å².